The lowest BCUT2D eigenvalue weighted by molar-refractivity contribution is 0.480. The summed E-state index contributed by atoms with van der Waals surface area (Å²) in [7, 11) is 0. The first-order valence-corrected chi connectivity index (χ1v) is 8.52. The van der Waals surface area contributed by atoms with Gasteiger partial charge in [-0.25, -0.2) is 0 Å². The number of rotatable bonds is 0. The first-order valence-electron chi connectivity index (χ1n) is 7.06. The molecule has 0 amide bonds. The second-order valence-electron chi connectivity index (χ2n) is 4.98. The van der Waals surface area contributed by atoms with E-state index >= 15 is 0 Å². The topological polar surface area (TPSA) is 66.0 Å². The Hall–Kier alpha value is -2.12. The molecule has 0 saturated heterocycles. The number of halogens is 2. The fraction of sp³-hybridized carbons (Fsp3) is 0. The fourth-order valence-corrected chi connectivity index (χ4v) is 2.94. The van der Waals surface area contributed by atoms with Crippen LogP contribution in [0.1, 0.15) is 0 Å². The van der Waals surface area contributed by atoms with Crippen molar-refractivity contribution in [3.63, 3.8) is 0 Å². The number of pyridine rings is 2. The summed E-state index contributed by atoms with van der Waals surface area (Å²) >= 11 is 7.95. The van der Waals surface area contributed by atoms with E-state index in [0.29, 0.717) is 14.1 Å². The minimum absolute atomic E-state index is 0.135. The summed E-state index contributed by atoms with van der Waals surface area (Å²) in [5.74, 6) is 0.239. The standard InChI is InChI=1S/C9H5ClINO.C9H7NO/c10-7-5-3-1-2-4-6(5)12-9(13)8(7)11;11-8-5-1-3-7-4-2-6-10-9(7)8/h1-4H,(H,12,13);1-6,11H. The molecule has 0 fully saturated rings. The molecule has 4 nitrogen and oxygen atoms in total. The molecule has 0 atom stereocenters. The van der Waals surface area contributed by atoms with Gasteiger partial charge < -0.3 is 10.1 Å². The monoisotopic (exact) mass is 450 g/mol. The van der Waals surface area contributed by atoms with E-state index in [1.54, 1.807) is 18.3 Å². The maximum atomic E-state index is 11.3. The predicted octanol–water partition coefficient (Wildman–Crippen LogP) is 4.73. The van der Waals surface area contributed by atoms with Crippen LogP contribution in [0, 0.1) is 3.57 Å². The Morgan fingerprint density at radius 3 is 2.58 bits per heavy atom. The van der Waals surface area contributed by atoms with E-state index in [-0.39, 0.29) is 11.3 Å². The van der Waals surface area contributed by atoms with E-state index in [4.69, 9.17) is 11.6 Å². The van der Waals surface area contributed by atoms with Crippen molar-refractivity contribution in [3.05, 3.63) is 79.7 Å². The van der Waals surface area contributed by atoms with Crippen molar-refractivity contribution < 1.29 is 5.11 Å². The average Bonchev–Trinajstić information content (AvgIpc) is 2.61. The summed E-state index contributed by atoms with van der Waals surface area (Å²) in [6.45, 7) is 0. The van der Waals surface area contributed by atoms with Crippen molar-refractivity contribution in [2.75, 3.05) is 0 Å². The molecule has 0 saturated carbocycles. The fourth-order valence-electron chi connectivity index (χ4n) is 2.27. The normalized spacial score (nSPS) is 10.4. The van der Waals surface area contributed by atoms with Crippen LogP contribution in [0.3, 0.4) is 0 Å². The number of benzene rings is 2. The second-order valence-corrected chi connectivity index (χ2v) is 6.44. The van der Waals surface area contributed by atoms with Crippen molar-refractivity contribution in [1.29, 1.82) is 0 Å². The maximum absolute atomic E-state index is 11.3. The quantitative estimate of drug-likeness (QED) is 0.381. The van der Waals surface area contributed by atoms with Crippen LogP contribution in [-0.4, -0.2) is 15.1 Å². The zero-order valence-electron chi connectivity index (χ0n) is 12.3. The first-order chi connectivity index (χ1) is 11.6. The van der Waals surface area contributed by atoms with Gasteiger partial charge in [0.2, 0.25) is 0 Å². The summed E-state index contributed by atoms with van der Waals surface area (Å²) < 4.78 is 0.540. The Balaban J connectivity index is 0.000000143. The molecule has 0 aliphatic carbocycles. The Kier molecular flexibility index (Phi) is 5.01. The first kappa shape index (κ1) is 16.7. The van der Waals surface area contributed by atoms with Crippen LogP contribution in [0.15, 0.2) is 65.6 Å². The third-order valence-electron chi connectivity index (χ3n) is 3.42. The zero-order chi connectivity index (χ0) is 17.1. The summed E-state index contributed by atoms with van der Waals surface area (Å²) in [6, 6.07) is 16.6. The van der Waals surface area contributed by atoms with Crippen LogP contribution in [-0.2, 0) is 0 Å². The van der Waals surface area contributed by atoms with Crippen LogP contribution in [0.5, 0.6) is 5.75 Å². The molecule has 0 bridgehead atoms. The van der Waals surface area contributed by atoms with Gasteiger partial charge in [-0.3, -0.25) is 9.78 Å². The Morgan fingerprint density at radius 1 is 1.04 bits per heavy atom. The molecule has 0 aliphatic heterocycles. The molecular weight excluding hydrogens is 439 g/mol. The number of para-hydroxylation sites is 2. The van der Waals surface area contributed by atoms with E-state index in [9.17, 15) is 9.90 Å². The van der Waals surface area contributed by atoms with E-state index in [1.165, 1.54) is 0 Å². The number of hydrogen-bond donors (Lipinski definition) is 2. The average molecular weight is 451 g/mol. The van der Waals surface area contributed by atoms with Crippen LogP contribution >= 0.6 is 34.2 Å². The Bertz CT molecular complexity index is 1070. The van der Waals surface area contributed by atoms with Gasteiger partial charge in [-0.15, -0.1) is 0 Å². The van der Waals surface area contributed by atoms with Gasteiger partial charge in [0.15, 0.2) is 0 Å². The van der Waals surface area contributed by atoms with Gasteiger partial charge in [-0.1, -0.05) is 48.0 Å². The summed E-state index contributed by atoms with van der Waals surface area (Å²) in [5, 5.41) is 11.7. The van der Waals surface area contributed by atoms with Gasteiger partial charge in [0.05, 0.1) is 8.59 Å². The molecule has 0 radical (unpaired) electrons. The van der Waals surface area contributed by atoms with Gasteiger partial charge in [0, 0.05) is 22.5 Å². The number of nitrogens with one attached hydrogen (secondary N) is 1. The molecule has 2 aromatic carbocycles. The molecule has 2 heterocycles. The Morgan fingerprint density at radius 2 is 1.79 bits per heavy atom. The lowest BCUT2D eigenvalue weighted by Crippen LogP contribution is -2.09. The van der Waals surface area contributed by atoms with Crippen LogP contribution in [0.2, 0.25) is 5.02 Å². The third-order valence-corrected chi connectivity index (χ3v) is 5.16. The lowest BCUT2D eigenvalue weighted by atomic mass is 10.2. The number of aromatic amines is 1. The molecule has 24 heavy (non-hydrogen) atoms. The van der Waals surface area contributed by atoms with Crippen LogP contribution in [0.4, 0.5) is 0 Å². The summed E-state index contributed by atoms with van der Waals surface area (Å²) in [6.07, 6.45) is 1.67. The number of phenols is 1. The minimum Gasteiger partial charge on any atom is -0.506 e. The van der Waals surface area contributed by atoms with Crippen molar-refractivity contribution in [3.8, 4) is 5.75 Å². The molecule has 0 aliphatic rings. The van der Waals surface area contributed by atoms with E-state index in [1.807, 2.05) is 65.1 Å². The molecule has 4 aromatic rings. The van der Waals surface area contributed by atoms with Crippen molar-refractivity contribution in [1.82, 2.24) is 9.97 Å². The number of phenolic OH excluding ortho intramolecular Hbond substituents is 1. The molecule has 6 heteroatoms. The van der Waals surface area contributed by atoms with Gasteiger partial charge in [0.1, 0.15) is 11.3 Å². The lowest BCUT2D eigenvalue weighted by Gasteiger charge is -2.00. The molecule has 2 aromatic heterocycles. The number of fused-ring (bicyclic) bond motifs is 2. The predicted molar refractivity (Wildman–Crippen MR) is 106 cm³/mol. The highest BCUT2D eigenvalue weighted by Crippen LogP contribution is 2.23. The molecule has 120 valence electrons. The third kappa shape index (κ3) is 3.37. The van der Waals surface area contributed by atoms with Gasteiger partial charge >= 0.3 is 0 Å². The van der Waals surface area contributed by atoms with E-state index in [2.05, 4.69) is 9.97 Å². The largest absolute Gasteiger partial charge is 0.506 e. The number of hydrogen-bond acceptors (Lipinski definition) is 3. The smallest absolute Gasteiger partial charge is 0.263 e. The maximum Gasteiger partial charge on any atom is 0.263 e. The summed E-state index contributed by atoms with van der Waals surface area (Å²) in [5.41, 5.74) is 1.30. The number of H-pyrrole nitrogens is 1. The minimum atomic E-state index is -0.135. The highest BCUT2D eigenvalue weighted by molar-refractivity contribution is 14.1. The number of aromatic nitrogens is 2. The highest BCUT2D eigenvalue weighted by atomic mass is 127. The van der Waals surface area contributed by atoms with Gasteiger partial charge in [-0.05, 0) is 40.8 Å². The number of nitrogens with zero attached hydrogens (tertiary/aromatic N) is 1. The summed E-state index contributed by atoms with van der Waals surface area (Å²) in [4.78, 5) is 18.1. The zero-order valence-corrected chi connectivity index (χ0v) is 15.2. The molecule has 4 rings (SSSR count). The van der Waals surface area contributed by atoms with Gasteiger partial charge in [-0.2, -0.15) is 0 Å². The van der Waals surface area contributed by atoms with E-state index in [0.717, 1.165) is 16.3 Å². The number of aromatic hydroxyl groups is 1. The van der Waals surface area contributed by atoms with Crippen LogP contribution < -0.4 is 5.56 Å². The Labute approximate surface area is 156 Å². The molecule has 2 N–H and O–H groups in total. The second kappa shape index (κ2) is 7.19. The van der Waals surface area contributed by atoms with Crippen molar-refractivity contribution >= 4 is 56.0 Å². The van der Waals surface area contributed by atoms with Gasteiger partial charge in [0.25, 0.3) is 5.56 Å². The van der Waals surface area contributed by atoms with Crippen LogP contribution in [0.25, 0.3) is 21.8 Å². The van der Waals surface area contributed by atoms with Crippen molar-refractivity contribution in [2.45, 2.75) is 0 Å². The molecular formula is C18H12ClIN2O2. The SMILES string of the molecule is O=c1[nH]c2ccccc2c(Cl)c1I.Oc1cccc2cccnc12. The van der Waals surface area contributed by atoms with Crippen molar-refractivity contribution in [2.24, 2.45) is 0 Å². The molecule has 0 unspecified atom stereocenters. The highest BCUT2D eigenvalue weighted by Gasteiger charge is 2.06. The molecule has 0 spiro atoms. The van der Waals surface area contributed by atoms with E-state index < -0.39 is 0 Å².